The van der Waals surface area contributed by atoms with Gasteiger partial charge in [-0.2, -0.15) is 0 Å². The first-order chi connectivity index (χ1) is 27.8. The van der Waals surface area contributed by atoms with E-state index in [1.165, 1.54) is 11.1 Å². The summed E-state index contributed by atoms with van der Waals surface area (Å²) in [4.78, 5) is 62.7. The van der Waals surface area contributed by atoms with Gasteiger partial charge in [-0.05, 0) is 96.3 Å². The van der Waals surface area contributed by atoms with Gasteiger partial charge in [0.15, 0.2) is 0 Å². The number of allylic oxidation sites excluding steroid dienone is 1. The van der Waals surface area contributed by atoms with Crippen molar-refractivity contribution in [3.8, 4) is 17.4 Å². The smallest absolute Gasteiger partial charge is 0.408 e. The third kappa shape index (κ3) is 9.88. The van der Waals surface area contributed by atoms with Crippen LogP contribution in [-0.4, -0.2) is 110 Å². The Labute approximate surface area is 346 Å². The standard InChI is InChI=1S/C42H59N5O11S/c1-25-11-9-10-12-27-22-42(27,38(50)46-59(52,53)41(6)15-16-41)45-35(48)32-21-29(24-47(32)37(49)34(26(2)19-25)44-39(51)58-40(3,4)5)57-36-30-14-13-28(55-8)20-31(30)33(23-43-36)56-18-17-54-7/h10,12-14,20,23,25-27,29,32,34H,9,11,15-19,21-22,24H2,1-8H3,(H,44,51)(H,45,48)(H,46,50). The van der Waals surface area contributed by atoms with E-state index in [4.69, 9.17) is 23.7 Å². The normalized spacial score (nSPS) is 28.2. The molecule has 1 aromatic carbocycles. The molecule has 7 unspecified atom stereocenters. The van der Waals surface area contributed by atoms with Crippen molar-refractivity contribution in [1.29, 1.82) is 0 Å². The van der Waals surface area contributed by atoms with E-state index in [-0.39, 0.29) is 43.7 Å². The average Bonchev–Trinajstić information content (AvgIpc) is 4.05. The molecule has 3 N–H and O–H groups in total. The summed E-state index contributed by atoms with van der Waals surface area (Å²) in [6, 6.07) is 3.10. The molecule has 3 fully saturated rings. The summed E-state index contributed by atoms with van der Waals surface area (Å²) in [5.41, 5.74) is -2.39. The quantitative estimate of drug-likeness (QED) is 0.213. The molecule has 2 aromatic rings. The fraction of sp³-hybridized carbons (Fsp3) is 0.643. The largest absolute Gasteiger partial charge is 0.497 e. The number of carbonyl (C=O) groups excluding carboxylic acids is 4. The highest BCUT2D eigenvalue weighted by Gasteiger charge is 2.63. The lowest BCUT2D eigenvalue weighted by molar-refractivity contribution is -0.142. The molecule has 324 valence electrons. The maximum Gasteiger partial charge on any atom is 0.408 e. The van der Waals surface area contributed by atoms with Gasteiger partial charge in [-0.3, -0.25) is 19.1 Å². The van der Waals surface area contributed by atoms with E-state index in [1.807, 2.05) is 19.1 Å². The number of aromatic nitrogens is 1. The number of hydrogen-bond acceptors (Lipinski definition) is 12. The summed E-state index contributed by atoms with van der Waals surface area (Å²) in [5, 5.41) is 6.98. The van der Waals surface area contributed by atoms with Crippen LogP contribution in [0.15, 0.2) is 36.5 Å². The fourth-order valence-electron chi connectivity index (χ4n) is 7.93. The number of nitrogens with one attached hydrogen (secondary N) is 3. The number of nitrogens with zero attached hydrogens (tertiary/aromatic N) is 2. The highest BCUT2D eigenvalue weighted by atomic mass is 32.2. The lowest BCUT2D eigenvalue weighted by Crippen LogP contribution is -2.59. The van der Waals surface area contributed by atoms with E-state index in [0.29, 0.717) is 54.6 Å². The summed E-state index contributed by atoms with van der Waals surface area (Å²) < 4.78 is 56.4. The van der Waals surface area contributed by atoms with Crippen LogP contribution in [0.4, 0.5) is 4.79 Å². The van der Waals surface area contributed by atoms with Crippen molar-refractivity contribution in [2.24, 2.45) is 17.8 Å². The fourth-order valence-corrected chi connectivity index (χ4v) is 9.24. The number of ether oxygens (including phenoxy) is 5. The molecule has 0 bridgehead atoms. The molecule has 0 radical (unpaired) electrons. The average molecular weight is 842 g/mol. The molecule has 2 aliphatic heterocycles. The zero-order valence-corrected chi connectivity index (χ0v) is 36.1. The second kappa shape index (κ2) is 17.1. The van der Waals surface area contributed by atoms with E-state index in [1.54, 1.807) is 60.1 Å². The van der Waals surface area contributed by atoms with Crippen molar-refractivity contribution in [1.82, 2.24) is 25.2 Å². The van der Waals surface area contributed by atoms with Gasteiger partial charge < -0.3 is 39.2 Å². The Morgan fingerprint density at radius 3 is 2.49 bits per heavy atom. The third-order valence-corrected chi connectivity index (χ3v) is 13.9. The van der Waals surface area contributed by atoms with Gasteiger partial charge >= 0.3 is 6.09 Å². The van der Waals surface area contributed by atoms with Crippen LogP contribution in [-0.2, 0) is 33.9 Å². The van der Waals surface area contributed by atoms with E-state index in [9.17, 15) is 27.6 Å². The summed E-state index contributed by atoms with van der Waals surface area (Å²) in [7, 11) is -0.889. The van der Waals surface area contributed by atoms with Crippen molar-refractivity contribution in [3.63, 3.8) is 0 Å². The monoisotopic (exact) mass is 841 g/mol. The van der Waals surface area contributed by atoms with Gasteiger partial charge in [0.2, 0.25) is 27.7 Å². The van der Waals surface area contributed by atoms with Crippen LogP contribution < -0.4 is 29.6 Å². The van der Waals surface area contributed by atoms with Crippen LogP contribution in [0.3, 0.4) is 0 Å². The predicted molar refractivity (Wildman–Crippen MR) is 218 cm³/mol. The van der Waals surface area contributed by atoms with E-state index in [0.717, 1.165) is 6.42 Å². The first-order valence-corrected chi connectivity index (χ1v) is 21.9. The highest BCUT2D eigenvalue weighted by Crippen LogP contribution is 2.48. The zero-order chi connectivity index (χ0) is 42.9. The highest BCUT2D eigenvalue weighted by molar-refractivity contribution is 7.91. The number of amides is 4. The number of carbonyl (C=O) groups is 4. The van der Waals surface area contributed by atoms with Gasteiger partial charge in [-0.15, -0.1) is 0 Å². The molecule has 4 amide bonds. The molecular formula is C42H59N5O11S. The predicted octanol–water partition coefficient (Wildman–Crippen LogP) is 4.40. The molecule has 1 saturated heterocycles. The summed E-state index contributed by atoms with van der Waals surface area (Å²) in [5.74, 6) is -1.39. The van der Waals surface area contributed by atoms with Crippen molar-refractivity contribution in [2.45, 2.75) is 121 Å². The second-order valence-electron chi connectivity index (χ2n) is 17.8. The van der Waals surface area contributed by atoms with Crippen molar-refractivity contribution in [2.75, 3.05) is 34.0 Å². The SMILES string of the molecule is COCCOc1cnc(OC2CC3C(=O)NC4(C(=O)NS(=O)(=O)C5(C)CC5)CC4C=CCCC(C)CC(C)C(NC(=O)OC(C)(C)C)C(=O)N3C2)c2ccc(OC)cc12. The van der Waals surface area contributed by atoms with Crippen LogP contribution in [0.5, 0.6) is 17.4 Å². The van der Waals surface area contributed by atoms with Gasteiger partial charge in [0.25, 0.3) is 5.91 Å². The van der Waals surface area contributed by atoms with Crippen LogP contribution in [0.25, 0.3) is 10.8 Å². The number of rotatable bonds is 11. The summed E-state index contributed by atoms with van der Waals surface area (Å²) in [6.45, 7) is 11.3. The topological polar surface area (TPSA) is 201 Å². The summed E-state index contributed by atoms with van der Waals surface area (Å²) >= 11 is 0. The number of benzene rings is 1. The van der Waals surface area contributed by atoms with Gasteiger partial charge in [-0.1, -0.05) is 26.0 Å². The Kier molecular flexibility index (Phi) is 12.8. The van der Waals surface area contributed by atoms with Gasteiger partial charge in [-0.25, -0.2) is 18.2 Å². The Bertz CT molecular complexity index is 2070. The number of sulfonamides is 1. The van der Waals surface area contributed by atoms with Gasteiger partial charge in [0, 0.05) is 30.2 Å². The molecule has 6 rings (SSSR count). The maximum absolute atomic E-state index is 14.9. The molecule has 59 heavy (non-hydrogen) atoms. The van der Waals surface area contributed by atoms with E-state index >= 15 is 0 Å². The van der Waals surface area contributed by atoms with Crippen LogP contribution in [0.2, 0.25) is 0 Å². The van der Waals surface area contributed by atoms with Crippen molar-refractivity contribution >= 4 is 44.6 Å². The minimum absolute atomic E-state index is 0.00150. The number of methoxy groups -OCH3 is 2. The molecular weight excluding hydrogens is 783 g/mol. The lowest BCUT2D eigenvalue weighted by atomic mass is 9.88. The van der Waals surface area contributed by atoms with Crippen LogP contribution in [0.1, 0.15) is 86.5 Å². The molecule has 2 aliphatic carbocycles. The number of pyridine rings is 1. The molecule has 4 aliphatic rings. The van der Waals surface area contributed by atoms with Gasteiger partial charge in [0.1, 0.15) is 47.4 Å². The first kappa shape index (κ1) is 43.9. The van der Waals surface area contributed by atoms with E-state index in [2.05, 4.69) is 27.3 Å². The summed E-state index contributed by atoms with van der Waals surface area (Å²) in [6.07, 6.45) is 6.84. The first-order valence-electron chi connectivity index (χ1n) is 20.4. The Hall–Kier alpha value is -4.64. The Balaban J connectivity index is 1.35. The Morgan fingerprint density at radius 2 is 1.81 bits per heavy atom. The minimum Gasteiger partial charge on any atom is -0.497 e. The molecule has 1 aromatic heterocycles. The zero-order valence-electron chi connectivity index (χ0n) is 35.3. The number of alkyl carbamates (subject to hydrolysis) is 1. The van der Waals surface area contributed by atoms with Crippen LogP contribution in [0, 0.1) is 17.8 Å². The number of hydrogen-bond donors (Lipinski definition) is 3. The van der Waals surface area contributed by atoms with Crippen molar-refractivity contribution < 1.29 is 51.3 Å². The molecule has 16 nitrogen and oxygen atoms in total. The number of fused-ring (bicyclic) bond motifs is 3. The minimum atomic E-state index is -4.02. The van der Waals surface area contributed by atoms with Crippen molar-refractivity contribution in [3.05, 3.63) is 36.5 Å². The molecule has 7 atom stereocenters. The van der Waals surface area contributed by atoms with Gasteiger partial charge in [0.05, 0.1) is 31.2 Å². The van der Waals surface area contributed by atoms with E-state index < -0.39 is 73.8 Å². The molecule has 17 heteroatoms. The molecule has 0 spiro atoms. The lowest BCUT2D eigenvalue weighted by Gasteiger charge is -2.33. The second-order valence-corrected chi connectivity index (χ2v) is 20.0. The van der Waals surface area contributed by atoms with Crippen LogP contribution >= 0.6 is 0 Å². The third-order valence-electron chi connectivity index (χ3n) is 11.8. The molecule has 2 saturated carbocycles. The molecule has 3 heterocycles. The Morgan fingerprint density at radius 1 is 1.07 bits per heavy atom. The maximum atomic E-state index is 14.9.